The third-order valence-corrected chi connectivity index (χ3v) is 8.10. The number of hydrogen-bond donors (Lipinski definition) is 0. The van der Waals surface area contributed by atoms with E-state index in [9.17, 15) is 22.8 Å². The molecule has 0 radical (unpaired) electrons. The molecule has 0 spiro atoms. The van der Waals surface area contributed by atoms with Gasteiger partial charge in [0.05, 0.1) is 22.1 Å². The number of nitrogens with zero attached hydrogens (tertiary/aromatic N) is 2. The highest BCUT2D eigenvalue weighted by Gasteiger charge is 2.43. The number of halogens is 1. The van der Waals surface area contributed by atoms with Crippen LogP contribution in [0, 0.1) is 3.57 Å². The topological polar surface area (TPSA) is 110 Å². The van der Waals surface area contributed by atoms with Gasteiger partial charge in [-0.15, -0.1) is 0 Å². The number of para-hydroxylation sites is 2. The van der Waals surface area contributed by atoms with Gasteiger partial charge in [-0.25, -0.2) is 14.6 Å². The summed E-state index contributed by atoms with van der Waals surface area (Å²) in [6, 6.07) is 26.4. The number of imide groups is 2. The summed E-state index contributed by atoms with van der Waals surface area (Å²) in [5.74, 6) is -1.60. The van der Waals surface area contributed by atoms with Crippen molar-refractivity contribution in [1.82, 2.24) is 0 Å². The van der Waals surface area contributed by atoms with Crippen LogP contribution in [-0.4, -0.2) is 33.4 Å². The summed E-state index contributed by atoms with van der Waals surface area (Å²) in [7, 11) is -2.83. The number of methoxy groups -OCH3 is 1. The number of rotatable bonds is 7. The quantitative estimate of drug-likeness (QED) is 0.107. The minimum Gasteiger partial charge on any atom is -0.493 e. The van der Waals surface area contributed by atoms with Crippen molar-refractivity contribution in [2.75, 3.05) is 16.9 Å². The van der Waals surface area contributed by atoms with Gasteiger partial charge >= 0.3 is 16.1 Å². The maximum atomic E-state index is 13.6. The molecule has 206 valence electrons. The van der Waals surface area contributed by atoms with Crippen LogP contribution in [0.2, 0.25) is 0 Å². The Morgan fingerprint density at radius 2 is 1.22 bits per heavy atom. The molecule has 4 amide bonds. The first kappa shape index (κ1) is 28.1. The number of anilines is 2. The molecule has 1 heterocycles. The average Bonchev–Trinajstić information content (AvgIpc) is 2.98. The normalized spacial score (nSPS) is 13.8. The molecule has 1 aliphatic heterocycles. The first-order valence-electron chi connectivity index (χ1n) is 12.1. The predicted molar refractivity (Wildman–Crippen MR) is 161 cm³/mol. The molecule has 0 atom stereocenters. The van der Waals surface area contributed by atoms with Gasteiger partial charge in [0.2, 0.25) is 0 Å². The summed E-state index contributed by atoms with van der Waals surface area (Å²) in [5, 5.41) is 0. The van der Waals surface area contributed by atoms with Gasteiger partial charge in [-0.05, 0) is 82.8 Å². The van der Waals surface area contributed by atoms with E-state index in [4.69, 9.17) is 8.92 Å². The highest BCUT2D eigenvalue weighted by Crippen LogP contribution is 2.37. The second-order valence-electron chi connectivity index (χ2n) is 8.68. The van der Waals surface area contributed by atoms with E-state index in [2.05, 4.69) is 0 Å². The van der Waals surface area contributed by atoms with E-state index in [0.717, 1.165) is 9.80 Å². The summed E-state index contributed by atoms with van der Waals surface area (Å²) >= 11 is 1.89. The van der Waals surface area contributed by atoms with Crippen LogP contribution in [0.3, 0.4) is 0 Å². The lowest BCUT2D eigenvalue weighted by Gasteiger charge is -2.34. The summed E-state index contributed by atoms with van der Waals surface area (Å²) in [6.45, 7) is 0. The summed E-state index contributed by atoms with van der Waals surface area (Å²) < 4.78 is 36.9. The van der Waals surface area contributed by atoms with Crippen LogP contribution in [0.4, 0.5) is 16.2 Å². The number of hydrogen-bond acceptors (Lipinski definition) is 7. The molecular formula is C30H21IN2O7S. The molecule has 0 aliphatic carbocycles. The Hall–Kier alpha value is -4.49. The molecule has 4 aromatic rings. The maximum absolute atomic E-state index is 13.6. The van der Waals surface area contributed by atoms with Crippen molar-refractivity contribution in [3.05, 3.63) is 118 Å². The lowest BCUT2D eigenvalue weighted by molar-refractivity contribution is -0.121. The SMILES string of the molecule is COc1cc(C=C2C(=O)N(c3ccccc3)C(=O)N(c3ccccc3)C2=O)cc(I)c1OS(=O)(=O)c1ccccc1. The molecule has 4 aromatic carbocycles. The van der Waals surface area contributed by atoms with Crippen LogP contribution >= 0.6 is 22.6 Å². The highest BCUT2D eigenvalue weighted by atomic mass is 127. The lowest BCUT2D eigenvalue weighted by atomic mass is 10.0. The fourth-order valence-electron chi connectivity index (χ4n) is 4.15. The molecule has 0 unspecified atom stereocenters. The third kappa shape index (κ3) is 5.58. The summed E-state index contributed by atoms with van der Waals surface area (Å²) in [6.07, 6.45) is 1.34. The average molecular weight is 680 g/mol. The van der Waals surface area contributed by atoms with Crippen molar-refractivity contribution in [2.24, 2.45) is 0 Å². The number of urea groups is 1. The zero-order valence-corrected chi connectivity index (χ0v) is 24.4. The Labute approximate surface area is 249 Å². The van der Waals surface area contributed by atoms with Gasteiger partial charge in [-0.1, -0.05) is 54.6 Å². The molecule has 0 saturated carbocycles. The molecule has 1 fully saturated rings. The van der Waals surface area contributed by atoms with Gasteiger partial charge in [0, 0.05) is 0 Å². The Morgan fingerprint density at radius 3 is 1.71 bits per heavy atom. The number of barbiturate groups is 1. The number of benzene rings is 4. The van der Waals surface area contributed by atoms with Crippen molar-refractivity contribution in [3.8, 4) is 11.5 Å². The van der Waals surface area contributed by atoms with Gasteiger partial charge in [0.15, 0.2) is 11.5 Å². The number of carbonyl (C=O) groups is 3. The highest BCUT2D eigenvalue weighted by molar-refractivity contribution is 14.1. The molecule has 0 bridgehead atoms. The standard InChI is InChI=1S/C30H21IN2O7S/c1-39-26-19-20(18-25(31)27(26)40-41(37,38)23-15-9-4-10-16-23)17-24-28(34)32(21-11-5-2-6-12-21)30(36)33(29(24)35)22-13-7-3-8-14-22/h2-19H,1H3. The van der Waals surface area contributed by atoms with E-state index < -0.39 is 28.0 Å². The van der Waals surface area contributed by atoms with Gasteiger partial charge in [0.25, 0.3) is 11.8 Å². The molecule has 1 aliphatic rings. The van der Waals surface area contributed by atoms with Crippen LogP contribution in [0.25, 0.3) is 6.08 Å². The van der Waals surface area contributed by atoms with Crippen molar-refractivity contribution in [3.63, 3.8) is 0 Å². The molecular weight excluding hydrogens is 659 g/mol. The molecule has 9 nitrogen and oxygen atoms in total. The van der Waals surface area contributed by atoms with Gasteiger partial charge in [0.1, 0.15) is 10.5 Å². The van der Waals surface area contributed by atoms with Crippen molar-refractivity contribution in [2.45, 2.75) is 4.90 Å². The predicted octanol–water partition coefficient (Wildman–Crippen LogP) is 5.65. The van der Waals surface area contributed by atoms with E-state index in [1.165, 1.54) is 31.4 Å². The Balaban J connectivity index is 1.59. The summed E-state index contributed by atoms with van der Waals surface area (Å²) in [4.78, 5) is 42.6. The molecule has 0 aromatic heterocycles. The zero-order chi connectivity index (χ0) is 29.1. The van der Waals surface area contributed by atoms with E-state index in [0.29, 0.717) is 20.5 Å². The van der Waals surface area contributed by atoms with Gasteiger partial charge < -0.3 is 8.92 Å². The minimum absolute atomic E-state index is 0.0332. The van der Waals surface area contributed by atoms with Crippen molar-refractivity contribution < 1.29 is 31.7 Å². The monoisotopic (exact) mass is 680 g/mol. The fraction of sp³-hybridized carbons (Fsp3) is 0.0333. The maximum Gasteiger partial charge on any atom is 0.343 e. The van der Waals surface area contributed by atoms with Crippen molar-refractivity contribution >= 4 is 68.0 Å². The Morgan fingerprint density at radius 1 is 0.732 bits per heavy atom. The molecule has 1 saturated heterocycles. The van der Waals surface area contributed by atoms with Crippen LogP contribution in [0.1, 0.15) is 5.56 Å². The lowest BCUT2D eigenvalue weighted by Crippen LogP contribution is -2.57. The van der Waals surface area contributed by atoms with Crippen LogP contribution in [0.15, 0.2) is 114 Å². The number of ether oxygens (including phenoxy) is 1. The fourth-order valence-corrected chi connectivity index (χ4v) is 6.02. The van der Waals surface area contributed by atoms with E-state index in [1.54, 1.807) is 84.9 Å². The third-order valence-electron chi connectivity index (χ3n) is 6.07. The molecule has 41 heavy (non-hydrogen) atoms. The van der Waals surface area contributed by atoms with Crippen LogP contribution < -0.4 is 18.7 Å². The minimum atomic E-state index is -4.17. The first-order chi connectivity index (χ1) is 19.7. The second kappa shape index (κ2) is 11.6. The number of amides is 4. The largest absolute Gasteiger partial charge is 0.493 e. The van der Waals surface area contributed by atoms with Crippen LogP contribution in [0.5, 0.6) is 11.5 Å². The molecule has 5 rings (SSSR count). The van der Waals surface area contributed by atoms with E-state index in [-0.39, 0.29) is 22.0 Å². The van der Waals surface area contributed by atoms with Crippen molar-refractivity contribution in [1.29, 1.82) is 0 Å². The second-order valence-corrected chi connectivity index (χ2v) is 11.4. The summed E-state index contributed by atoms with van der Waals surface area (Å²) in [5.41, 5.74) is 0.663. The van der Waals surface area contributed by atoms with Gasteiger partial charge in [-0.3, -0.25) is 9.59 Å². The number of carbonyl (C=O) groups excluding carboxylic acids is 3. The Bertz CT molecular complexity index is 1710. The van der Waals surface area contributed by atoms with E-state index in [1.807, 2.05) is 22.6 Å². The van der Waals surface area contributed by atoms with Crippen LogP contribution in [-0.2, 0) is 19.7 Å². The molecule has 11 heteroatoms. The first-order valence-corrected chi connectivity index (χ1v) is 14.6. The smallest absolute Gasteiger partial charge is 0.343 e. The Kier molecular flexibility index (Phi) is 7.90. The van der Waals surface area contributed by atoms with E-state index >= 15 is 0 Å². The van der Waals surface area contributed by atoms with Gasteiger partial charge in [-0.2, -0.15) is 8.42 Å². The molecule has 0 N–H and O–H groups in total. The zero-order valence-electron chi connectivity index (χ0n) is 21.4.